The van der Waals surface area contributed by atoms with Gasteiger partial charge in [0, 0.05) is 17.4 Å². The van der Waals surface area contributed by atoms with Crippen LogP contribution in [0.1, 0.15) is 40.0 Å². The number of rotatable bonds is 2. The van der Waals surface area contributed by atoms with Crippen molar-refractivity contribution in [3.05, 3.63) is 47.6 Å². The smallest absolute Gasteiger partial charge is 0.334 e. The fourth-order valence-corrected chi connectivity index (χ4v) is 3.34. The van der Waals surface area contributed by atoms with Gasteiger partial charge in [-0.1, -0.05) is 42.0 Å². The van der Waals surface area contributed by atoms with E-state index in [9.17, 15) is 15.0 Å². The molecule has 0 radical (unpaired) electrons. The van der Waals surface area contributed by atoms with Crippen molar-refractivity contribution in [2.75, 3.05) is 6.61 Å². The molecule has 1 aliphatic carbocycles. The fraction of sp³-hybridized carbons (Fsp3) is 0.550. The van der Waals surface area contributed by atoms with Gasteiger partial charge in [-0.3, -0.25) is 0 Å². The third-order valence-electron chi connectivity index (χ3n) is 4.62. The number of hydrogen-bond acceptors (Lipinski definition) is 4. The Kier molecular flexibility index (Phi) is 5.83. The average molecular weight is 332 g/mol. The second-order valence-electron chi connectivity index (χ2n) is 7.43. The first-order valence-corrected chi connectivity index (χ1v) is 8.49. The molecule has 0 bridgehead atoms. The quantitative estimate of drug-likeness (QED) is 0.463. The van der Waals surface area contributed by atoms with Gasteiger partial charge in [-0.2, -0.15) is 0 Å². The van der Waals surface area contributed by atoms with E-state index >= 15 is 0 Å². The van der Waals surface area contributed by atoms with E-state index in [1.54, 1.807) is 32.1 Å². The third-order valence-corrected chi connectivity index (χ3v) is 4.62. The van der Waals surface area contributed by atoms with E-state index in [-0.39, 0.29) is 17.8 Å². The van der Waals surface area contributed by atoms with Gasteiger partial charge in [0.25, 0.3) is 0 Å². The minimum Gasteiger partial charge on any atom is -0.462 e. The summed E-state index contributed by atoms with van der Waals surface area (Å²) in [6, 6.07) is 0. The zero-order valence-electron chi connectivity index (χ0n) is 14.8. The SMILES string of the molecule is C=C1C[C@H](O)/C=C(\C)CC[C@@H]2/C(=C\C=C\C(C)(C)O)C(=O)OC[C@@H]12. The second-order valence-corrected chi connectivity index (χ2v) is 7.43. The first-order valence-electron chi connectivity index (χ1n) is 8.49. The molecule has 1 fully saturated rings. The Bertz CT molecular complexity index is 589. The van der Waals surface area contributed by atoms with Crippen molar-refractivity contribution in [3.63, 3.8) is 0 Å². The van der Waals surface area contributed by atoms with Gasteiger partial charge >= 0.3 is 5.97 Å². The monoisotopic (exact) mass is 332 g/mol. The molecule has 0 saturated carbocycles. The van der Waals surface area contributed by atoms with Crippen LogP contribution in [0.25, 0.3) is 0 Å². The molecule has 2 rings (SSSR count). The van der Waals surface area contributed by atoms with Crippen LogP contribution >= 0.6 is 0 Å². The first-order chi connectivity index (χ1) is 11.2. The van der Waals surface area contributed by atoms with Crippen molar-refractivity contribution in [1.82, 2.24) is 0 Å². The Hall–Kier alpha value is -1.65. The molecule has 0 amide bonds. The summed E-state index contributed by atoms with van der Waals surface area (Å²) in [7, 11) is 0. The molecule has 0 aromatic rings. The van der Waals surface area contributed by atoms with Crippen molar-refractivity contribution >= 4 is 5.97 Å². The number of esters is 1. The molecule has 24 heavy (non-hydrogen) atoms. The van der Waals surface area contributed by atoms with E-state index in [1.807, 2.05) is 13.0 Å². The predicted octanol–water partition coefficient (Wildman–Crippen LogP) is 3.08. The Labute approximate surface area is 144 Å². The lowest BCUT2D eigenvalue weighted by Crippen LogP contribution is -2.34. The van der Waals surface area contributed by atoms with Gasteiger partial charge in [0.05, 0.1) is 18.3 Å². The van der Waals surface area contributed by atoms with Crippen LogP contribution in [-0.4, -0.2) is 34.5 Å². The summed E-state index contributed by atoms with van der Waals surface area (Å²) in [5.74, 6) is -0.247. The van der Waals surface area contributed by atoms with Crippen LogP contribution in [0.5, 0.6) is 0 Å². The number of allylic oxidation sites excluding steroid dienone is 3. The van der Waals surface area contributed by atoms with Crippen molar-refractivity contribution in [3.8, 4) is 0 Å². The van der Waals surface area contributed by atoms with Gasteiger partial charge in [-0.25, -0.2) is 4.79 Å². The number of carbonyl (C=O) groups excluding carboxylic acids is 1. The van der Waals surface area contributed by atoms with Crippen LogP contribution in [0.3, 0.4) is 0 Å². The van der Waals surface area contributed by atoms with Crippen molar-refractivity contribution in [2.24, 2.45) is 11.8 Å². The maximum absolute atomic E-state index is 12.3. The largest absolute Gasteiger partial charge is 0.462 e. The number of aliphatic hydroxyl groups is 2. The molecule has 0 aromatic heterocycles. The van der Waals surface area contributed by atoms with Crippen molar-refractivity contribution < 1.29 is 19.7 Å². The van der Waals surface area contributed by atoms with E-state index < -0.39 is 11.7 Å². The lowest BCUT2D eigenvalue weighted by Gasteiger charge is -2.34. The van der Waals surface area contributed by atoms with Crippen LogP contribution in [0.4, 0.5) is 0 Å². The van der Waals surface area contributed by atoms with Crippen LogP contribution < -0.4 is 0 Å². The van der Waals surface area contributed by atoms with E-state index in [0.29, 0.717) is 18.6 Å². The van der Waals surface area contributed by atoms with E-state index in [2.05, 4.69) is 6.58 Å². The lowest BCUT2D eigenvalue weighted by molar-refractivity contribution is -0.144. The number of hydrogen-bond donors (Lipinski definition) is 2. The summed E-state index contributed by atoms with van der Waals surface area (Å²) in [6.07, 6.45) is 8.59. The van der Waals surface area contributed by atoms with Crippen LogP contribution in [0.2, 0.25) is 0 Å². The van der Waals surface area contributed by atoms with Gasteiger partial charge in [0.1, 0.15) is 0 Å². The summed E-state index contributed by atoms with van der Waals surface area (Å²) in [4.78, 5) is 12.3. The fourth-order valence-electron chi connectivity index (χ4n) is 3.34. The van der Waals surface area contributed by atoms with Gasteiger partial charge in [-0.05, 0) is 40.0 Å². The molecule has 0 aromatic carbocycles. The van der Waals surface area contributed by atoms with E-state index in [0.717, 1.165) is 24.0 Å². The van der Waals surface area contributed by atoms with Gasteiger partial charge in [0.2, 0.25) is 0 Å². The maximum atomic E-state index is 12.3. The molecule has 0 unspecified atom stereocenters. The number of fused-ring (bicyclic) bond motifs is 1. The van der Waals surface area contributed by atoms with Crippen molar-refractivity contribution in [1.29, 1.82) is 0 Å². The summed E-state index contributed by atoms with van der Waals surface area (Å²) in [5.41, 5.74) is 1.74. The normalized spacial score (nSPS) is 33.3. The molecule has 1 heterocycles. The van der Waals surface area contributed by atoms with Gasteiger partial charge in [0.15, 0.2) is 0 Å². The maximum Gasteiger partial charge on any atom is 0.334 e. The molecule has 1 aliphatic heterocycles. The Morgan fingerprint density at radius 1 is 1.38 bits per heavy atom. The minimum absolute atomic E-state index is 0.0263. The summed E-state index contributed by atoms with van der Waals surface area (Å²) < 4.78 is 5.35. The highest BCUT2D eigenvalue weighted by Crippen LogP contribution is 2.38. The van der Waals surface area contributed by atoms with Gasteiger partial charge < -0.3 is 14.9 Å². The Balaban J connectivity index is 2.32. The number of carbonyl (C=O) groups is 1. The van der Waals surface area contributed by atoms with Crippen LogP contribution in [0.15, 0.2) is 47.6 Å². The Morgan fingerprint density at radius 3 is 2.75 bits per heavy atom. The Morgan fingerprint density at radius 2 is 2.08 bits per heavy atom. The van der Waals surface area contributed by atoms with Crippen LogP contribution in [-0.2, 0) is 9.53 Å². The summed E-state index contributed by atoms with van der Waals surface area (Å²) >= 11 is 0. The summed E-state index contributed by atoms with van der Waals surface area (Å²) in [5, 5.41) is 19.9. The second kappa shape index (κ2) is 7.49. The molecule has 1 saturated heterocycles. The molecule has 2 N–H and O–H groups in total. The number of aliphatic hydroxyl groups excluding tert-OH is 1. The van der Waals surface area contributed by atoms with E-state index in [4.69, 9.17) is 4.74 Å². The molecule has 2 aliphatic rings. The minimum atomic E-state index is -0.930. The molecule has 4 heteroatoms. The molecule has 4 nitrogen and oxygen atoms in total. The highest BCUT2D eigenvalue weighted by Gasteiger charge is 2.37. The first kappa shape index (κ1) is 18.7. The van der Waals surface area contributed by atoms with E-state index in [1.165, 1.54) is 0 Å². The number of cyclic esters (lactones) is 1. The highest BCUT2D eigenvalue weighted by atomic mass is 16.5. The predicted molar refractivity (Wildman–Crippen MR) is 94.2 cm³/mol. The lowest BCUT2D eigenvalue weighted by atomic mass is 9.76. The summed E-state index contributed by atoms with van der Waals surface area (Å²) in [6.45, 7) is 9.82. The molecule has 3 atom stereocenters. The zero-order valence-corrected chi connectivity index (χ0v) is 14.8. The topological polar surface area (TPSA) is 66.8 Å². The van der Waals surface area contributed by atoms with Crippen molar-refractivity contribution in [2.45, 2.75) is 51.7 Å². The highest BCUT2D eigenvalue weighted by molar-refractivity contribution is 5.90. The standard InChI is InChI=1S/C20H28O4/c1-13-7-8-16-17(6-5-9-20(3,4)23)19(22)24-12-18(16)14(2)11-15(21)10-13/h5-6,9-10,15-16,18,21,23H,2,7-8,11-12H2,1,3-4H3/b9-5+,13-10+,17-6+/t15-,16-,18+/m1/s1. The third kappa shape index (κ3) is 4.92. The zero-order chi connectivity index (χ0) is 17.9. The average Bonchev–Trinajstić information content (AvgIpc) is 2.49. The number of ether oxygens (including phenoxy) is 1. The van der Waals surface area contributed by atoms with Gasteiger partial charge in [-0.15, -0.1) is 0 Å². The molecular weight excluding hydrogens is 304 g/mol. The molecular formula is C20H28O4. The molecule has 0 spiro atoms. The molecule has 132 valence electrons. The van der Waals surface area contributed by atoms with Crippen LogP contribution in [0, 0.1) is 11.8 Å².